The molecule has 134 valence electrons. The van der Waals surface area contributed by atoms with E-state index in [0.717, 1.165) is 38.6 Å². The van der Waals surface area contributed by atoms with Crippen LogP contribution in [0.25, 0.3) is 38.6 Å². The van der Waals surface area contributed by atoms with Gasteiger partial charge in [-0.1, -0.05) is 30.3 Å². The lowest BCUT2D eigenvalue weighted by molar-refractivity contribution is 1.18. The zero-order valence-electron chi connectivity index (χ0n) is 15.4. The molecule has 4 heteroatoms. The summed E-state index contributed by atoms with van der Waals surface area (Å²) in [6.45, 7) is 0. The molecule has 0 radical (unpaired) electrons. The molecular weight excluding hydrogens is 356 g/mol. The first-order chi connectivity index (χ1) is 14.3. The molecule has 4 nitrogen and oxygen atoms in total. The standard InChI is InChI=1S/C25H14N4/c26-14-17-8-9-25-23(12-17)22-6-1-2-7-24(22)29(25)20-5-3-4-18(13-20)21-10-11-28-16-19(21)15-27/h1-13,16H. The maximum Gasteiger partial charge on any atom is 0.101 e. The summed E-state index contributed by atoms with van der Waals surface area (Å²) in [5, 5.41) is 20.9. The van der Waals surface area contributed by atoms with Gasteiger partial charge in [-0.15, -0.1) is 0 Å². The number of pyridine rings is 1. The third-order valence-corrected chi connectivity index (χ3v) is 5.16. The van der Waals surface area contributed by atoms with Crippen molar-refractivity contribution in [2.24, 2.45) is 0 Å². The van der Waals surface area contributed by atoms with Crippen molar-refractivity contribution in [2.75, 3.05) is 0 Å². The molecule has 0 unspecified atom stereocenters. The van der Waals surface area contributed by atoms with Crippen LogP contribution in [0.4, 0.5) is 0 Å². The van der Waals surface area contributed by atoms with E-state index in [2.05, 4.69) is 46.0 Å². The number of aromatic nitrogens is 2. The predicted octanol–water partition coefficient (Wildman–Crippen LogP) is 5.59. The number of nitriles is 2. The van der Waals surface area contributed by atoms with Gasteiger partial charge in [0.05, 0.1) is 28.2 Å². The molecule has 29 heavy (non-hydrogen) atoms. The molecule has 0 saturated carbocycles. The van der Waals surface area contributed by atoms with E-state index in [1.54, 1.807) is 12.4 Å². The lowest BCUT2D eigenvalue weighted by atomic mass is 10.0. The normalized spacial score (nSPS) is 10.7. The Labute approximate surface area is 167 Å². The van der Waals surface area contributed by atoms with E-state index in [1.807, 2.05) is 48.5 Å². The molecule has 0 saturated heterocycles. The second-order valence-electron chi connectivity index (χ2n) is 6.78. The molecule has 2 heterocycles. The molecule has 0 fully saturated rings. The minimum absolute atomic E-state index is 0.547. The molecule has 0 bridgehead atoms. The van der Waals surface area contributed by atoms with E-state index < -0.39 is 0 Å². The Bertz CT molecular complexity index is 1480. The Morgan fingerprint density at radius 3 is 2.48 bits per heavy atom. The van der Waals surface area contributed by atoms with Crippen LogP contribution in [0.3, 0.4) is 0 Å². The summed E-state index contributed by atoms with van der Waals surface area (Å²) in [5.74, 6) is 0. The summed E-state index contributed by atoms with van der Waals surface area (Å²) in [4.78, 5) is 4.06. The van der Waals surface area contributed by atoms with Gasteiger partial charge in [0.2, 0.25) is 0 Å². The van der Waals surface area contributed by atoms with Gasteiger partial charge in [0.15, 0.2) is 0 Å². The van der Waals surface area contributed by atoms with E-state index in [-0.39, 0.29) is 0 Å². The number of fused-ring (bicyclic) bond motifs is 3. The second kappa shape index (κ2) is 6.64. The number of nitrogens with zero attached hydrogens (tertiary/aromatic N) is 4. The van der Waals surface area contributed by atoms with E-state index in [4.69, 9.17) is 0 Å². The van der Waals surface area contributed by atoms with Crippen molar-refractivity contribution in [3.63, 3.8) is 0 Å². The maximum atomic E-state index is 9.44. The van der Waals surface area contributed by atoms with Crippen molar-refractivity contribution in [1.29, 1.82) is 10.5 Å². The summed E-state index contributed by atoms with van der Waals surface area (Å²) in [6.07, 6.45) is 3.29. The van der Waals surface area contributed by atoms with Crippen molar-refractivity contribution in [3.05, 3.63) is 96.3 Å². The van der Waals surface area contributed by atoms with Crippen molar-refractivity contribution in [1.82, 2.24) is 9.55 Å². The number of rotatable bonds is 2. The van der Waals surface area contributed by atoms with Crippen molar-refractivity contribution < 1.29 is 0 Å². The van der Waals surface area contributed by atoms with Gasteiger partial charge < -0.3 is 4.57 Å². The average molecular weight is 370 g/mol. The summed E-state index contributed by atoms with van der Waals surface area (Å²) in [7, 11) is 0. The summed E-state index contributed by atoms with van der Waals surface area (Å²) in [5.41, 5.74) is 6.12. The first kappa shape index (κ1) is 16.7. The molecule has 3 aromatic carbocycles. The molecule has 0 aliphatic carbocycles. The fourth-order valence-electron chi connectivity index (χ4n) is 3.87. The molecule has 0 aliphatic heterocycles. The zero-order valence-corrected chi connectivity index (χ0v) is 15.4. The Balaban J connectivity index is 1.81. The first-order valence-electron chi connectivity index (χ1n) is 9.18. The second-order valence-corrected chi connectivity index (χ2v) is 6.78. The highest BCUT2D eigenvalue weighted by Gasteiger charge is 2.13. The number of hydrogen-bond acceptors (Lipinski definition) is 3. The van der Waals surface area contributed by atoms with Crippen LogP contribution in [0.2, 0.25) is 0 Å². The Kier molecular flexibility index (Phi) is 3.83. The highest BCUT2D eigenvalue weighted by molar-refractivity contribution is 6.09. The smallest absolute Gasteiger partial charge is 0.101 e. The third-order valence-electron chi connectivity index (χ3n) is 5.16. The Morgan fingerprint density at radius 2 is 1.62 bits per heavy atom. The van der Waals surface area contributed by atoms with Gasteiger partial charge in [0.1, 0.15) is 6.07 Å². The van der Waals surface area contributed by atoms with Crippen molar-refractivity contribution in [2.45, 2.75) is 0 Å². The molecule has 5 rings (SSSR count). The maximum absolute atomic E-state index is 9.44. The Morgan fingerprint density at radius 1 is 0.759 bits per heavy atom. The molecular formula is C25H14N4. The number of para-hydroxylation sites is 1. The number of benzene rings is 3. The third kappa shape index (κ3) is 2.64. The topological polar surface area (TPSA) is 65.4 Å². The van der Waals surface area contributed by atoms with Crippen LogP contribution in [-0.4, -0.2) is 9.55 Å². The minimum Gasteiger partial charge on any atom is -0.309 e. The van der Waals surface area contributed by atoms with Gasteiger partial charge in [-0.05, 0) is 48.0 Å². The van der Waals surface area contributed by atoms with Crippen LogP contribution >= 0.6 is 0 Å². The lowest BCUT2D eigenvalue weighted by Gasteiger charge is -2.11. The molecule has 0 N–H and O–H groups in total. The van der Waals surface area contributed by atoms with Gasteiger partial charge in [-0.2, -0.15) is 10.5 Å². The summed E-state index contributed by atoms with van der Waals surface area (Å²) in [6, 6.07) is 28.4. The van der Waals surface area contributed by atoms with Crippen LogP contribution in [0, 0.1) is 22.7 Å². The van der Waals surface area contributed by atoms with Crippen LogP contribution in [-0.2, 0) is 0 Å². The van der Waals surface area contributed by atoms with Crippen molar-refractivity contribution in [3.8, 4) is 29.0 Å². The number of hydrogen-bond donors (Lipinski definition) is 0. The molecule has 0 spiro atoms. The first-order valence-corrected chi connectivity index (χ1v) is 9.18. The Hall–Kier alpha value is -4.41. The average Bonchev–Trinajstić information content (AvgIpc) is 3.12. The van der Waals surface area contributed by atoms with Crippen LogP contribution in [0.15, 0.2) is 85.2 Å². The van der Waals surface area contributed by atoms with Gasteiger partial charge in [0.25, 0.3) is 0 Å². The highest BCUT2D eigenvalue weighted by Crippen LogP contribution is 2.34. The zero-order chi connectivity index (χ0) is 19.8. The largest absolute Gasteiger partial charge is 0.309 e. The van der Waals surface area contributed by atoms with Crippen LogP contribution in [0.1, 0.15) is 11.1 Å². The SMILES string of the molecule is N#Cc1ccc2c(c1)c1ccccc1n2-c1cccc(-c2ccncc2C#N)c1. The van der Waals surface area contributed by atoms with Crippen LogP contribution in [0.5, 0.6) is 0 Å². The minimum atomic E-state index is 0.547. The summed E-state index contributed by atoms with van der Waals surface area (Å²) >= 11 is 0. The molecule has 5 aromatic rings. The van der Waals surface area contributed by atoms with E-state index >= 15 is 0 Å². The molecule has 0 amide bonds. The fraction of sp³-hybridized carbons (Fsp3) is 0. The predicted molar refractivity (Wildman–Crippen MR) is 113 cm³/mol. The molecule has 0 aliphatic rings. The highest BCUT2D eigenvalue weighted by atomic mass is 15.0. The van der Waals surface area contributed by atoms with E-state index in [0.29, 0.717) is 11.1 Å². The molecule has 2 aromatic heterocycles. The van der Waals surface area contributed by atoms with Gasteiger partial charge >= 0.3 is 0 Å². The van der Waals surface area contributed by atoms with Gasteiger partial charge in [0, 0.05) is 34.4 Å². The summed E-state index contributed by atoms with van der Waals surface area (Å²) < 4.78 is 2.20. The van der Waals surface area contributed by atoms with Gasteiger partial charge in [-0.25, -0.2) is 0 Å². The lowest BCUT2D eigenvalue weighted by Crippen LogP contribution is -1.95. The van der Waals surface area contributed by atoms with Gasteiger partial charge in [-0.3, -0.25) is 4.98 Å². The van der Waals surface area contributed by atoms with E-state index in [1.165, 1.54) is 0 Å². The molecule has 0 atom stereocenters. The van der Waals surface area contributed by atoms with E-state index in [9.17, 15) is 10.5 Å². The van der Waals surface area contributed by atoms with Crippen molar-refractivity contribution >= 4 is 21.8 Å². The fourth-order valence-corrected chi connectivity index (χ4v) is 3.87. The quantitative estimate of drug-likeness (QED) is 0.407. The monoisotopic (exact) mass is 370 g/mol. The van der Waals surface area contributed by atoms with Crippen LogP contribution < -0.4 is 0 Å².